The van der Waals surface area contributed by atoms with E-state index in [-0.39, 0.29) is 6.47 Å². The van der Waals surface area contributed by atoms with E-state index in [1.165, 1.54) is 0 Å². The van der Waals surface area contributed by atoms with E-state index < -0.39 is 17.5 Å². The average Bonchev–Trinajstić information content (AvgIpc) is 2.83. The summed E-state index contributed by atoms with van der Waals surface area (Å²) in [5.41, 5.74) is 0.533. The summed E-state index contributed by atoms with van der Waals surface area (Å²) < 4.78 is 0. The van der Waals surface area contributed by atoms with Gasteiger partial charge in [0, 0.05) is 13.1 Å². The molecule has 0 radical (unpaired) electrons. The number of nitrogens with one attached hydrogen (secondary N) is 1. The third-order valence-corrected chi connectivity index (χ3v) is 4.88. The molecule has 0 unspecified atom stereocenters. The van der Waals surface area contributed by atoms with Crippen LogP contribution < -0.4 is 0 Å². The number of carboxylic acids is 1. The van der Waals surface area contributed by atoms with Gasteiger partial charge in [-0.2, -0.15) is 5.10 Å². The molecular weight excluding hydrogens is 338 g/mol. The number of aliphatic carboxylic acids is 1. The van der Waals surface area contributed by atoms with Crippen LogP contribution in [0, 0.1) is 12.3 Å². The van der Waals surface area contributed by atoms with Crippen LogP contribution in [-0.2, 0) is 16.1 Å². The smallest absolute Gasteiger partial charge is 0.312 e. The average molecular weight is 362 g/mol. The Kier molecular flexibility index (Phi) is 7.65. The first-order valence-corrected chi connectivity index (χ1v) is 8.11. The number of nitrogens with zero attached hydrogens (tertiary/aromatic N) is 2. The number of halogens is 1. The second-order valence-electron chi connectivity index (χ2n) is 5.93. The molecule has 2 heterocycles. The molecule has 1 aliphatic rings. The number of aromatic nitrogens is 2. The van der Waals surface area contributed by atoms with Crippen molar-refractivity contribution in [2.24, 2.45) is 5.41 Å². The molecule has 1 aromatic rings. The monoisotopic (exact) mass is 361 g/mol. The minimum Gasteiger partial charge on any atom is -0.483 e. The highest BCUT2D eigenvalue weighted by Gasteiger charge is 2.47. The second-order valence-corrected chi connectivity index (χ2v) is 6.30. The molecule has 2 rings (SSSR count). The third kappa shape index (κ3) is 4.46. The fourth-order valence-electron chi connectivity index (χ4n) is 3.06. The summed E-state index contributed by atoms with van der Waals surface area (Å²) in [6, 6.07) is 0. The van der Waals surface area contributed by atoms with Gasteiger partial charge in [-0.15, -0.1) is 0 Å². The summed E-state index contributed by atoms with van der Waals surface area (Å²) in [5.74, 6) is -0.898. The number of aryl methyl sites for hydroxylation is 1. The topological polar surface area (TPSA) is 127 Å². The van der Waals surface area contributed by atoms with Crippen LogP contribution in [0.15, 0.2) is 0 Å². The van der Waals surface area contributed by atoms with Gasteiger partial charge in [-0.1, -0.05) is 24.9 Å². The highest BCUT2D eigenvalue weighted by molar-refractivity contribution is 6.31. The van der Waals surface area contributed by atoms with E-state index in [0.717, 1.165) is 17.8 Å². The zero-order valence-electron chi connectivity index (χ0n) is 13.8. The minimum atomic E-state index is -1.02. The predicted molar refractivity (Wildman–Crippen MR) is 87.9 cm³/mol. The first-order valence-electron chi connectivity index (χ1n) is 7.73. The molecule has 1 aliphatic heterocycles. The molecule has 0 bridgehead atoms. The van der Waals surface area contributed by atoms with Gasteiger partial charge in [0.05, 0.1) is 27.9 Å². The Labute approximate surface area is 145 Å². The predicted octanol–water partition coefficient (Wildman–Crippen LogP) is 1.51. The van der Waals surface area contributed by atoms with Crippen molar-refractivity contribution >= 4 is 24.0 Å². The van der Waals surface area contributed by atoms with Gasteiger partial charge in [0.1, 0.15) is 0 Å². The van der Waals surface area contributed by atoms with Crippen molar-refractivity contribution in [3.8, 4) is 0 Å². The fourth-order valence-corrected chi connectivity index (χ4v) is 3.20. The molecule has 8 nitrogen and oxygen atoms in total. The van der Waals surface area contributed by atoms with Crippen molar-refractivity contribution in [2.75, 3.05) is 13.1 Å². The Balaban J connectivity index is 0.000000891. The van der Waals surface area contributed by atoms with E-state index in [1.54, 1.807) is 0 Å². The lowest BCUT2D eigenvalue weighted by atomic mass is 9.73. The maximum absolute atomic E-state index is 11.6. The standard InChI is InChI=1S/C14H22ClN3O3.CH2O2/c1-3-4-14(13(20)21)5-6-18(8-11(14)19)7-10-12(15)9(2)16-17-10;2-1-3/h11,19H,3-8H2,1-2H3,(H,16,17)(H,20,21);1H,(H,2,3)/t11-,14-;/m0./s1. The number of aliphatic hydroxyl groups excluding tert-OH is 1. The fraction of sp³-hybridized carbons (Fsp3) is 0.667. The van der Waals surface area contributed by atoms with Crippen molar-refractivity contribution in [3.05, 3.63) is 16.4 Å². The molecule has 9 heteroatoms. The molecule has 4 N–H and O–H groups in total. The number of H-pyrrole nitrogens is 1. The van der Waals surface area contributed by atoms with Gasteiger partial charge in [0.15, 0.2) is 0 Å². The normalized spacial score (nSPS) is 24.1. The number of aromatic amines is 1. The highest BCUT2D eigenvalue weighted by Crippen LogP contribution is 2.37. The van der Waals surface area contributed by atoms with Gasteiger partial charge in [-0.3, -0.25) is 19.6 Å². The minimum absolute atomic E-state index is 0.250. The molecule has 0 spiro atoms. The van der Waals surface area contributed by atoms with E-state index >= 15 is 0 Å². The van der Waals surface area contributed by atoms with Gasteiger partial charge in [-0.05, 0) is 26.3 Å². The number of hydrogen-bond donors (Lipinski definition) is 4. The van der Waals surface area contributed by atoms with Gasteiger partial charge in [-0.25, -0.2) is 0 Å². The maximum Gasteiger partial charge on any atom is 0.312 e. The number of carboxylic acid groups (broad SMARTS) is 2. The summed E-state index contributed by atoms with van der Waals surface area (Å²) in [6.45, 7) is 5.00. The number of piperidine rings is 1. The van der Waals surface area contributed by atoms with Gasteiger partial charge in [0.2, 0.25) is 0 Å². The first-order chi connectivity index (χ1) is 11.3. The van der Waals surface area contributed by atoms with Crippen LogP contribution >= 0.6 is 11.6 Å². The molecule has 2 atom stereocenters. The largest absolute Gasteiger partial charge is 0.483 e. The molecule has 0 aromatic carbocycles. The number of rotatable bonds is 5. The second kappa shape index (κ2) is 9.00. The first kappa shape index (κ1) is 20.4. The number of hydrogen-bond acceptors (Lipinski definition) is 5. The van der Waals surface area contributed by atoms with Crippen molar-refractivity contribution in [1.82, 2.24) is 15.1 Å². The molecule has 136 valence electrons. The molecule has 1 fully saturated rings. The number of carbonyl (C=O) groups is 2. The zero-order valence-corrected chi connectivity index (χ0v) is 14.6. The Morgan fingerprint density at radius 2 is 2.21 bits per heavy atom. The molecule has 24 heavy (non-hydrogen) atoms. The molecule has 0 aliphatic carbocycles. The van der Waals surface area contributed by atoms with E-state index in [2.05, 4.69) is 10.2 Å². The molecule has 1 aromatic heterocycles. The lowest BCUT2D eigenvalue weighted by Gasteiger charge is -2.42. The van der Waals surface area contributed by atoms with Crippen LogP contribution in [0.3, 0.4) is 0 Å². The Hall–Kier alpha value is -1.64. The molecule has 0 saturated carbocycles. The third-order valence-electron chi connectivity index (χ3n) is 4.38. The van der Waals surface area contributed by atoms with Crippen LogP contribution in [0.4, 0.5) is 0 Å². The highest BCUT2D eigenvalue weighted by atomic mass is 35.5. The van der Waals surface area contributed by atoms with Crippen LogP contribution in [-0.4, -0.2) is 62.1 Å². The molecular formula is C15H24ClN3O5. The van der Waals surface area contributed by atoms with Crippen molar-refractivity contribution < 1.29 is 24.9 Å². The van der Waals surface area contributed by atoms with Crippen molar-refractivity contribution in [2.45, 2.75) is 45.8 Å². The van der Waals surface area contributed by atoms with Crippen molar-refractivity contribution in [1.29, 1.82) is 0 Å². The number of β-amino-alcohol motifs (C(OH)–C–C–N with tert-alkyl or cyclic N) is 1. The summed E-state index contributed by atoms with van der Waals surface area (Å²) in [7, 11) is 0. The Bertz CT molecular complexity index is 565. The van der Waals surface area contributed by atoms with Gasteiger partial charge in [0.25, 0.3) is 6.47 Å². The van der Waals surface area contributed by atoms with E-state index in [9.17, 15) is 15.0 Å². The lowest BCUT2D eigenvalue weighted by Crippen LogP contribution is -2.54. The quantitative estimate of drug-likeness (QED) is 0.585. The van der Waals surface area contributed by atoms with E-state index in [4.69, 9.17) is 21.5 Å². The van der Waals surface area contributed by atoms with E-state index in [0.29, 0.717) is 37.5 Å². The SMILES string of the molecule is CCC[C@]1(C(=O)O)CCN(Cc2n[nH]c(C)c2Cl)C[C@@H]1O.O=CO. The van der Waals surface area contributed by atoms with Crippen LogP contribution in [0.25, 0.3) is 0 Å². The van der Waals surface area contributed by atoms with Crippen LogP contribution in [0.2, 0.25) is 5.02 Å². The van der Waals surface area contributed by atoms with E-state index in [1.807, 2.05) is 18.7 Å². The van der Waals surface area contributed by atoms with Crippen molar-refractivity contribution in [3.63, 3.8) is 0 Å². The van der Waals surface area contributed by atoms with Crippen LogP contribution in [0.1, 0.15) is 37.6 Å². The number of aliphatic hydroxyl groups is 1. The summed E-state index contributed by atoms with van der Waals surface area (Å²) in [4.78, 5) is 21.9. The zero-order chi connectivity index (χ0) is 18.3. The Morgan fingerprint density at radius 1 is 1.58 bits per heavy atom. The summed E-state index contributed by atoms with van der Waals surface area (Å²) in [6.07, 6.45) is 0.814. The maximum atomic E-state index is 11.6. The lowest BCUT2D eigenvalue weighted by molar-refractivity contribution is -0.164. The summed E-state index contributed by atoms with van der Waals surface area (Å²) >= 11 is 6.14. The Morgan fingerprint density at radius 3 is 2.62 bits per heavy atom. The molecule has 0 amide bonds. The van der Waals surface area contributed by atoms with Gasteiger partial charge < -0.3 is 15.3 Å². The van der Waals surface area contributed by atoms with Gasteiger partial charge >= 0.3 is 5.97 Å². The number of likely N-dealkylation sites (tertiary alicyclic amines) is 1. The molecule has 1 saturated heterocycles. The summed E-state index contributed by atoms with van der Waals surface area (Å²) in [5, 5.41) is 34.3. The van der Waals surface area contributed by atoms with Crippen LogP contribution in [0.5, 0.6) is 0 Å².